The van der Waals surface area contributed by atoms with Gasteiger partial charge in [0.2, 0.25) is 35.4 Å². The van der Waals surface area contributed by atoms with Crippen molar-refractivity contribution in [1.29, 1.82) is 0 Å². The number of amides is 6. The lowest BCUT2D eigenvalue weighted by atomic mass is 10.0. The number of hydrogen-bond acceptors (Lipinski definition) is 12. The van der Waals surface area contributed by atoms with E-state index < -0.39 is 115 Å². The molecule has 0 spiro atoms. The molecular weight excluding hydrogens is 816 g/mol. The van der Waals surface area contributed by atoms with Crippen molar-refractivity contribution < 1.29 is 68.7 Å². The van der Waals surface area contributed by atoms with Gasteiger partial charge < -0.3 is 67.7 Å². The number of benzene rings is 2. The van der Waals surface area contributed by atoms with Crippen LogP contribution in [-0.2, 0) is 56.0 Å². The van der Waals surface area contributed by atoms with E-state index in [1.807, 2.05) is 18.2 Å². The maximum absolute atomic E-state index is 13.8. The first-order valence-corrected chi connectivity index (χ1v) is 19.5. The summed E-state index contributed by atoms with van der Waals surface area (Å²) in [6.07, 6.45) is -1.88. The van der Waals surface area contributed by atoms with Crippen LogP contribution in [0.3, 0.4) is 0 Å². The second-order valence-corrected chi connectivity index (χ2v) is 14.9. The van der Waals surface area contributed by atoms with E-state index in [1.54, 1.807) is 12.3 Å². The molecule has 1 aromatic heterocycles. The number of nitrogens with zero attached hydrogens (tertiary/aromatic N) is 1. The molecule has 22 nitrogen and oxygen atoms in total. The number of aliphatic carboxylic acids is 3. The number of fused-ring (bicyclic) bond motifs is 1. The third-order valence-corrected chi connectivity index (χ3v) is 10.1. The van der Waals surface area contributed by atoms with Crippen molar-refractivity contribution in [3.05, 3.63) is 65.9 Å². The number of hydrogen-bond donors (Lipinski definition) is 12. The Labute approximate surface area is 353 Å². The molecule has 0 saturated carbocycles. The van der Waals surface area contributed by atoms with Crippen LogP contribution in [0.15, 0.2) is 54.7 Å². The molecular formula is C40H50N8O14. The molecule has 0 bridgehead atoms. The fraction of sp³-hybridized carbons (Fsp3) is 0.425. The number of aromatic nitrogens is 1. The maximum Gasteiger partial charge on any atom is 0.325 e. The molecule has 13 N–H and O–H groups in total. The van der Waals surface area contributed by atoms with Gasteiger partial charge in [0.1, 0.15) is 42.0 Å². The molecule has 0 unspecified atom stereocenters. The Morgan fingerprint density at radius 2 is 1.35 bits per heavy atom. The van der Waals surface area contributed by atoms with Gasteiger partial charge >= 0.3 is 17.9 Å². The Morgan fingerprint density at radius 3 is 1.98 bits per heavy atom. The molecule has 8 atom stereocenters. The minimum Gasteiger partial charge on any atom is -0.508 e. The van der Waals surface area contributed by atoms with Gasteiger partial charge in [-0.2, -0.15) is 0 Å². The summed E-state index contributed by atoms with van der Waals surface area (Å²) in [5, 5.41) is 60.9. The van der Waals surface area contributed by atoms with Crippen molar-refractivity contribution in [2.75, 3.05) is 6.54 Å². The SMILES string of the molecule is C[C@H](NC(=O)[C@H](Cc1ccc(O)cc1)NC(=O)[C@H](CC(=O)O)NC(=O)[C@@H](NC(=O)[C@@H]1CCCN1C(=O)[C@H](CC(=O)O)NC(=O)[C@@H](N)Cc1c[nH]c2ccccc12)[C@@H](C)O)C(=O)O. The van der Waals surface area contributed by atoms with Crippen molar-refractivity contribution in [2.24, 2.45) is 5.73 Å². The van der Waals surface area contributed by atoms with Crippen LogP contribution < -0.4 is 32.3 Å². The van der Waals surface area contributed by atoms with Crippen molar-refractivity contribution in [2.45, 2.75) is 101 Å². The summed E-state index contributed by atoms with van der Waals surface area (Å²) < 4.78 is 0. The van der Waals surface area contributed by atoms with Crippen LogP contribution in [0.1, 0.15) is 50.7 Å². The van der Waals surface area contributed by atoms with E-state index in [9.17, 15) is 68.7 Å². The number of nitrogens with two attached hydrogens (primary N) is 1. The number of carbonyl (C=O) groups excluding carboxylic acids is 6. The average Bonchev–Trinajstić information content (AvgIpc) is 3.87. The molecule has 1 fully saturated rings. The van der Waals surface area contributed by atoms with Gasteiger partial charge in [0.25, 0.3) is 0 Å². The lowest BCUT2D eigenvalue weighted by Crippen LogP contribution is -2.61. The van der Waals surface area contributed by atoms with Gasteiger partial charge in [-0.25, -0.2) is 0 Å². The fourth-order valence-electron chi connectivity index (χ4n) is 6.81. The van der Waals surface area contributed by atoms with E-state index in [2.05, 4.69) is 31.6 Å². The highest BCUT2D eigenvalue weighted by atomic mass is 16.4. The van der Waals surface area contributed by atoms with Crippen molar-refractivity contribution in [3.8, 4) is 5.75 Å². The number of carboxylic acid groups (broad SMARTS) is 3. The van der Waals surface area contributed by atoms with E-state index >= 15 is 0 Å². The molecule has 22 heteroatoms. The number of phenols is 1. The van der Waals surface area contributed by atoms with E-state index in [0.29, 0.717) is 11.1 Å². The molecule has 1 aliphatic heterocycles. The lowest BCUT2D eigenvalue weighted by molar-refractivity contribution is -0.146. The van der Waals surface area contributed by atoms with Crippen molar-refractivity contribution >= 4 is 64.3 Å². The Morgan fingerprint density at radius 1 is 0.758 bits per heavy atom. The number of phenolic OH excluding ortho intramolecular Hbond substituents is 1. The van der Waals surface area contributed by atoms with Gasteiger partial charge in [-0.15, -0.1) is 0 Å². The Kier molecular flexibility index (Phi) is 16.5. The summed E-state index contributed by atoms with van der Waals surface area (Å²) in [6.45, 7) is 2.21. The second-order valence-electron chi connectivity index (χ2n) is 14.9. The summed E-state index contributed by atoms with van der Waals surface area (Å²) in [5.74, 6) is -10.7. The van der Waals surface area contributed by atoms with Crippen LogP contribution in [0, 0.1) is 0 Å². The van der Waals surface area contributed by atoms with E-state index in [0.717, 1.165) is 29.7 Å². The number of nitrogens with one attached hydrogen (secondary N) is 6. The number of carbonyl (C=O) groups is 9. The van der Waals surface area contributed by atoms with Gasteiger partial charge in [0.15, 0.2) is 0 Å². The third-order valence-electron chi connectivity index (χ3n) is 10.1. The predicted octanol–water partition coefficient (Wildman–Crippen LogP) is -2.16. The smallest absolute Gasteiger partial charge is 0.325 e. The molecule has 6 amide bonds. The number of para-hydroxylation sites is 1. The monoisotopic (exact) mass is 866 g/mol. The number of aliphatic hydroxyl groups is 1. The largest absolute Gasteiger partial charge is 0.508 e. The van der Waals surface area contributed by atoms with Crippen LogP contribution in [-0.4, -0.2) is 144 Å². The van der Waals surface area contributed by atoms with Crippen LogP contribution in [0.2, 0.25) is 0 Å². The molecule has 4 rings (SSSR count). The topological polar surface area (TPSA) is 360 Å². The minimum atomic E-state index is -1.92. The number of H-pyrrole nitrogens is 1. The summed E-state index contributed by atoms with van der Waals surface area (Å²) >= 11 is 0. The zero-order valence-electron chi connectivity index (χ0n) is 33.7. The minimum absolute atomic E-state index is 0.0224. The van der Waals surface area contributed by atoms with E-state index in [1.165, 1.54) is 24.3 Å². The molecule has 0 aliphatic carbocycles. The van der Waals surface area contributed by atoms with Crippen LogP contribution >= 0.6 is 0 Å². The van der Waals surface area contributed by atoms with Crippen molar-refractivity contribution in [3.63, 3.8) is 0 Å². The number of aromatic hydroxyl groups is 1. The molecule has 62 heavy (non-hydrogen) atoms. The van der Waals surface area contributed by atoms with Crippen LogP contribution in [0.5, 0.6) is 5.75 Å². The molecule has 1 saturated heterocycles. The zero-order valence-corrected chi connectivity index (χ0v) is 33.7. The number of rotatable bonds is 21. The second kappa shape index (κ2) is 21.4. The lowest BCUT2D eigenvalue weighted by Gasteiger charge is -2.30. The molecule has 334 valence electrons. The van der Waals surface area contributed by atoms with Gasteiger partial charge in [0, 0.05) is 30.1 Å². The number of aliphatic hydroxyl groups excluding tert-OH is 1. The summed E-state index contributed by atoms with van der Waals surface area (Å²) in [4.78, 5) is 120. The summed E-state index contributed by atoms with van der Waals surface area (Å²) in [6, 6.07) is 1.82. The van der Waals surface area contributed by atoms with Crippen LogP contribution in [0.25, 0.3) is 10.9 Å². The van der Waals surface area contributed by atoms with Crippen molar-refractivity contribution in [1.82, 2.24) is 36.5 Å². The summed E-state index contributed by atoms with van der Waals surface area (Å²) in [5.41, 5.74) is 8.07. The highest BCUT2D eigenvalue weighted by Crippen LogP contribution is 2.21. The Bertz CT molecular complexity index is 2160. The van der Waals surface area contributed by atoms with Gasteiger partial charge in [-0.05, 0) is 62.4 Å². The Balaban J connectivity index is 1.46. The molecule has 3 aromatic rings. The number of carboxylic acids is 3. The maximum atomic E-state index is 13.8. The molecule has 2 heterocycles. The highest BCUT2D eigenvalue weighted by molar-refractivity contribution is 5.99. The molecule has 0 radical (unpaired) electrons. The highest BCUT2D eigenvalue weighted by Gasteiger charge is 2.41. The standard InChI is InChI=1S/C40H50N8O14/c1-19(40(61)62)43-35(56)27(14-21-9-11-23(50)12-10-21)44-36(57)28(16-31(51)52)45-38(59)33(20(2)49)47-37(58)30-8-5-13-48(30)39(60)29(17-32(53)54)46-34(55)25(41)15-22-18-42-26-7-4-3-6-24(22)26/h3-4,6-7,9-12,18-20,25,27-30,33,42,49-50H,5,8,13-17,41H2,1-2H3,(H,43,56)(H,44,57)(H,45,59)(H,46,55)(H,47,58)(H,51,52)(H,53,54)(H,61,62)/t19-,20+,25-,27-,28-,29-,30-,33-/m0/s1. The predicted molar refractivity (Wildman–Crippen MR) is 216 cm³/mol. The number of aromatic amines is 1. The normalized spacial score (nSPS) is 17.0. The van der Waals surface area contributed by atoms with Crippen LogP contribution in [0.4, 0.5) is 0 Å². The van der Waals surface area contributed by atoms with Gasteiger partial charge in [-0.1, -0.05) is 30.3 Å². The number of likely N-dealkylation sites (tertiary alicyclic amines) is 1. The van der Waals surface area contributed by atoms with E-state index in [-0.39, 0.29) is 38.0 Å². The first kappa shape index (κ1) is 47.6. The zero-order chi connectivity index (χ0) is 45.8. The summed E-state index contributed by atoms with van der Waals surface area (Å²) in [7, 11) is 0. The molecule has 2 aromatic carbocycles. The quantitative estimate of drug-likeness (QED) is 0.0542. The molecule has 1 aliphatic rings. The van der Waals surface area contributed by atoms with E-state index in [4.69, 9.17) is 5.73 Å². The first-order chi connectivity index (χ1) is 29.2. The fourth-order valence-corrected chi connectivity index (χ4v) is 6.81. The van der Waals surface area contributed by atoms with Gasteiger partial charge in [-0.3, -0.25) is 43.2 Å². The average molecular weight is 867 g/mol. The first-order valence-electron chi connectivity index (χ1n) is 19.5. The van der Waals surface area contributed by atoms with Gasteiger partial charge in [0.05, 0.1) is 25.0 Å². The Hall–Kier alpha value is -7.07. The third kappa shape index (κ3) is 13.0.